The Morgan fingerprint density at radius 3 is 2.50 bits per heavy atom. The number of hydrogen-bond acceptors (Lipinski definition) is 6. The summed E-state index contributed by atoms with van der Waals surface area (Å²) in [6.07, 6.45) is 0. The highest BCUT2D eigenvalue weighted by molar-refractivity contribution is 7.88. The van der Waals surface area contributed by atoms with Crippen molar-refractivity contribution in [3.8, 4) is 11.4 Å². The van der Waals surface area contributed by atoms with Crippen molar-refractivity contribution in [3.63, 3.8) is 0 Å². The summed E-state index contributed by atoms with van der Waals surface area (Å²) in [6.45, 7) is 0.457. The Morgan fingerprint density at radius 2 is 1.95 bits per heavy atom. The van der Waals surface area contributed by atoms with Crippen LogP contribution in [0.15, 0.2) is 28.8 Å². The minimum Gasteiger partial charge on any atom is -0.338 e. The Balaban J connectivity index is 0.00000200. The van der Waals surface area contributed by atoms with Gasteiger partial charge in [-0.2, -0.15) is 4.98 Å². The molecule has 0 saturated heterocycles. The summed E-state index contributed by atoms with van der Waals surface area (Å²) in [5.74, 6) is 0.0642. The van der Waals surface area contributed by atoms with E-state index in [0.717, 1.165) is 11.1 Å². The van der Waals surface area contributed by atoms with Crippen LogP contribution in [0.2, 0.25) is 0 Å². The van der Waals surface area contributed by atoms with Crippen molar-refractivity contribution in [3.05, 3.63) is 35.7 Å². The van der Waals surface area contributed by atoms with Crippen molar-refractivity contribution in [1.82, 2.24) is 14.9 Å². The van der Waals surface area contributed by atoms with Gasteiger partial charge in [-0.25, -0.2) is 13.1 Å². The first-order valence-corrected chi connectivity index (χ1v) is 7.22. The van der Waals surface area contributed by atoms with Gasteiger partial charge >= 0.3 is 0 Å². The summed E-state index contributed by atoms with van der Waals surface area (Å²) in [6, 6.07) is 7.33. The summed E-state index contributed by atoms with van der Waals surface area (Å²) in [5.41, 5.74) is 7.24. The van der Waals surface area contributed by atoms with Crippen molar-refractivity contribution in [2.45, 2.75) is 12.3 Å². The van der Waals surface area contributed by atoms with Gasteiger partial charge in [-0.1, -0.05) is 29.4 Å². The molecule has 0 amide bonds. The van der Waals surface area contributed by atoms with E-state index in [0.29, 0.717) is 12.4 Å². The number of benzene rings is 1. The highest BCUT2D eigenvalue weighted by Crippen LogP contribution is 2.17. The number of halogens is 1. The van der Waals surface area contributed by atoms with Crippen molar-refractivity contribution in [2.24, 2.45) is 5.73 Å². The molecule has 0 fully saturated rings. The van der Waals surface area contributed by atoms with Gasteiger partial charge in [0.1, 0.15) is 5.75 Å². The van der Waals surface area contributed by atoms with E-state index in [2.05, 4.69) is 14.9 Å². The zero-order chi connectivity index (χ0) is 13.9. The first-order valence-electron chi connectivity index (χ1n) is 5.57. The van der Waals surface area contributed by atoms with Crippen LogP contribution in [-0.2, 0) is 22.3 Å². The van der Waals surface area contributed by atoms with Gasteiger partial charge in [0.25, 0.3) is 0 Å². The fourth-order valence-corrected chi connectivity index (χ4v) is 2.04. The number of nitrogens with two attached hydrogens (primary N) is 1. The Hall–Kier alpha value is -1.48. The van der Waals surface area contributed by atoms with Crippen LogP contribution in [0.25, 0.3) is 11.4 Å². The first-order chi connectivity index (χ1) is 9.04. The zero-order valence-electron chi connectivity index (χ0n) is 10.7. The SMILES string of the molecule is CNS(=O)(=O)Cc1nc(-c2ccc(CN)cc2)no1.Cl. The molecule has 0 spiro atoms. The van der Waals surface area contributed by atoms with Gasteiger partial charge in [-0.15, -0.1) is 12.4 Å². The normalized spacial score (nSPS) is 11.1. The van der Waals surface area contributed by atoms with E-state index >= 15 is 0 Å². The molecule has 20 heavy (non-hydrogen) atoms. The molecule has 1 heterocycles. The number of nitrogens with zero attached hydrogens (tertiary/aromatic N) is 2. The van der Waals surface area contributed by atoms with Gasteiger partial charge in [0.15, 0.2) is 0 Å². The molecule has 2 aromatic rings. The lowest BCUT2D eigenvalue weighted by atomic mass is 10.1. The Labute approximate surface area is 123 Å². The molecule has 0 saturated carbocycles. The molecule has 0 aliphatic rings. The molecule has 1 aromatic carbocycles. The molecule has 2 rings (SSSR count). The van der Waals surface area contributed by atoms with Gasteiger partial charge < -0.3 is 10.3 Å². The topological polar surface area (TPSA) is 111 Å². The highest BCUT2D eigenvalue weighted by atomic mass is 35.5. The molecule has 0 aliphatic heterocycles. The summed E-state index contributed by atoms with van der Waals surface area (Å²) in [4.78, 5) is 4.04. The molecule has 0 bridgehead atoms. The van der Waals surface area contributed by atoms with Crippen LogP contribution >= 0.6 is 12.4 Å². The monoisotopic (exact) mass is 318 g/mol. The average molecular weight is 319 g/mol. The second-order valence-corrected chi connectivity index (χ2v) is 5.80. The van der Waals surface area contributed by atoms with Crippen LogP contribution in [0, 0.1) is 0 Å². The van der Waals surface area contributed by atoms with E-state index in [1.807, 2.05) is 24.3 Å². The zero-order valence-corrected chi connectivity index (χ0v) is 12.4. The molecule has 0 atom stereocenters. The second kappa shape index (κ2) is 6.80. The molecule has 0 unspecified atom stereocenters. The van der Waals surface area contributed by atoms with Gasteiger partial charge in [-0.3, -0.25) is 0 Å². The number of rotatable bonds is 5. The maximum atomic E-state index is 11.3. The van der Waals surface area contributed by atoms with Crippen molar-refractivity contribution >= 4 is 22.4 Å². The van der Waals surface area contributed by atoms with Crippen LogP contribution < -0.4 is 10.5 Å². The fourth-order valence-electron chi connectivity index (χ4n) is 1.46. The maximum Gasteiger partial charge on any atom is 0.243 e. The molecular weight excluding hydrogens is 304 g/mol. The molecule has 7 nitrogen and oxygen atoms in total. The van der Waals surface area contributed by atoms with Crippen molar-refractivity contribution < 1.29 is 12.9 Å². The lowest BCUT2D eigenvalue weighted by Crippen LogP contribution is -2.20. The van der Waals surface area contributed by atoms with Crippen molar-refractivity contribution in [2.75, 3.05) is 7.05 Å². The molecule has 110 valence electrons. The van der Waals surface area contributed by atoms with Crippen LogP contribution in [0.3, 0.4) is 0 Å². The fraction of sp³-hybridized carbons (Fsp3) is 0.273. The van der Waals surface area contributed by atoms with Crippen LogP contribution in [0.5, 0.6) is 0 Å². The minimum atomic E-state index is -3.41. The number of nitrogens with one attached hydrogen (secondary N) is 1. The van der Waals surface area contributed by atoms with Gasteiger partial charge in [0.05, 0.1) is 0 Å². The lowest BCUT2D eigenvalue weighted by molar-refractivity contribution is 0.389. The van der Waals surface area contributed by atoms with Crippen molar-refractivity contribution in [1.29, 1.82) is 0 Å². The van der Waals surface area contributed by atoms with E-state index in [9.17, 15) is 8.42 Å². The van der Waals surface area contributed by atoms with E-state index < -0.39 is 10.0 Å². The summed E-state index contributed by atoms with van der Waals surface area (Å²) in [7, 11) is -2.08. The molecule has 3 N–H and O–H groups in total. The van der Waals surface area contributed by atoms with E-state index in [1.54, 1.807) is 0 Å². The average Bonchev–Trinajstić information content (AvgIpc) is 2.86. The Bertz CT molecular complexity index is 655. The highest BCUT2D eigenvalue weighted by Gasteiger charge is 2.15. The molecular formula is C11H15ClN4O3S. The van der Waals surface area contributed by atoms with E-state index in [4.69, 9.17) is 10.3 Å². The smallest absolute Gasteiger partial charge is 0.243 e. The third-order valence-electron chi connectivity index (χ3n) is 2.54. The number of aromatic nitrogens is 2. The van der Waals surface area contributed by atoms with Crippen LogP contribution in [-0.4, -0.2) is 25.6 Å². The summed E-state index contributed by atoms with van der Waals surface area (Å²) in [5, 5.41) is 3.75. The summed E-state index contributed by atoms with van der Waals surface area (Å²) < 4.78 is 29.8. The van der Waals surface area contributed by atoms with Gasteiger partial charge in [0, 0.05) is 12.1 Å². The Morgan fingerprint density at radius 1 is 1.30 bits per heavy atom. The van der Waals surface area contributed by atoms with E-state index in [-0.39, 0.29) is 24.1 Å². The predicted octanol–water partition coefficient (Wildman–Crippen LogP) is 0.666. The number of sulfonamides is 1. The number of hydrogen-bond donors (Lipinski definition) is 2. The van der Waals surface area contributed by atoms with Gasteiger partial charge in [-0.05, 0) is 12.6 Å². The standard InChI is InChI=1S/C11H14N4O3S.ClH/c1-13-19(16,17)7-10-14-11(15-18-10)9-4-2-8(6-12)3-5-9;/h2-5,13H,6-7,12H2,1H3;1H. The van der Waals surface area contributed by atoms with Gasteiger partial charge in [0.2, 0.25) is 21.7 Å². The second-order valence-electron chi connectivity index (χ2n) is 3.88. The van der Waals surface area contributed by atoms with E-state index in [1.165, 1.54) is 7.05 Å². The third-order valence-corrected chi connectivity index (χ3v) is 3.79. The van der Waals surface area contributed by atoms with Crippen LogP contribution in [0.4, 0.5) is 0 Å². The molecule has 1 aromatic heterocycles. The largest absolute Gasteiger partial charge is 0.338 e. The van der Waals surface area contributed by atoms with Crippen LogP contribution in [0.1, 0.15) is 11.5 Å². The summed E-state index contributed by atoms with van der Waals surface area (Å²) >= 11 is 0. The molecule has 9 heteroatoms. The Kier molecular flexibility index (Phi) is 5.63. The predicted molar refractivity (Wildman–Crippen MR) is 76.6 cm³/mol. The maximum absolute atomic E-state index is 11.3. The minimum absolute atomic E-state index is 0. The first kappa shape index (κ1) is 16.6. The lowest BCUT2D eigenvalue weighted by Gasteiger charge is -1.97. The molecule has 0 aliphatic carbocycles. The molecule has 0 radical (unpaired) electrons. The third kappa shape index (κ3) is 4.01. The quantitative estimate of drug-likeness (QED) is 0.838.